The Hall–Kier alpha value is -1.87. The molecule has 0 aromatic rings. The molecule has 1 N–H and O–H groups in total. The molecule has 0 heterocycles. The predicted octanol–water partition coefficient (Wildman–Crippen LogP) is 5.44. The number of aliphatic hydroxyl groups excluding tert-OH is 1. The summed E-state index contributed by atoms with van der Waals surface area (Å²) in [6, 6.07) is 0. The highest BCUT2D eigenvalue weighted by Gasteiger charge is 2.01. The maximum absolute atomic E-state index is 11.0. The van der Waals surface area contributed by atoms with E-state index in [1.54, 1.807) is 19.1 Å². The fourth-order valence-corrected chi connectivity index (χ4v) is 2.13. The van der Waals surface area contributed by atoms with E-state index in [-0.39, 0.29) is 12.1 Å². The van der Waals surface area contributed by atoms with E-state index < -0.39 is 0 Å². The van der Waals surface area contributed by atoms with Gasteiger partial charge in [0, 0.05) is 6.08 Å². The van der Waals surface area contributed by atoms with E-state index in [9.17, 15) is 9.90 Å². The molecule has 0 aromatic heterocycles. The van der Waals surface area contributed by atoms with Crippen LogP contribution in [-0.4, -0.2) is 23.8 Å². The first-order valence-electron chi connectivity index (χ1n) is 9.38. The highest BCUT2D eigenvalue weighted by Crippen LogP contribution is 2.09. The largest absolute Gasteiger partial charge is 0.463 e. The number of esters is 1. The van der Waals surface area contributed by atoms with Crippen molar-refractivity contribution in [3.63, 3.8) is 0 Å². The van der Waals surface area contributed by atoms with Crippen molar-refractivity contribution >= 4 is 5.97 Å². The molecule has 0 saturated heterocycles. The number of allylic oxidation sites excluding steroid dienone is 9. The molecule has 3 nitrogen and oxygen atoms in total. The molecule has 1 atom stereocenters. The van der Waals surface area contributed by atoms with Crippen molar-refractivity contribution in [1.82, 2.24) is 0 Å². The second-order valence-corrected chi connectivity index (χ2v) is 5.77. The summed E-state index contributed by atoms with van der Waals surface area (Å²) in [5.74, 6) is -0.324. The summed E-state index contributed by atoms with van der Waals surface area (Å²) >= 11 is 0. The number of unbranched alkanes of at least 4 members (excludes halogenated alkanes) is 3. The lowest BCUT2D eigenvalue weighted by Gasteiger charge is -2.08. The maximum Gasteiger partial charge on any atom is 0.330 e. The number of ether oxygens (including phenoxy) is 1. The standard InChI is InChI=1S/C22H34O3/c1-3-5-15-18-21(23)19-16-13-11-9-7-6-8-10-12-14-17-20-22(24)25-4-2/h6-12,14,17,20-21,23H,3-5,13,15-16,18-19H2,1-2H3/b7-6+,10-8+,11-9+,14-12+,20-17+. The monoisotopic (exact) mass is 346 g/mol. The van der Waals surface area contributed by atoms with Crippen molar-refractivity contribution in [1.29, 1.82) is 0 Å². The Labute approximate surface area is 153 Å². The number of rotatable bonds is 14. The molecular weight excluding hydrogens is 312 g/mol. The average molecular weight is 347 g/mol. The molecule has 0 saturated carbocycles. The van der Waals surface area contributed by atoms with E-state index >= 15 is 0 Å². The first kappa shape index (κ1) is 23.1. The van der Waals surface area contributed by atoms with Crippen molar-refractivity contribution in [2.24, 2.45) is 0 Å². The fraction of sp³-hybridized carbons (Fsp3) is 0.500. The molecule has 0 radical (unpaired) electrons. The van der Waals surface area contributed by atoms with Crippen LogP contribution in [0.25, 0.3) is 0 Å². The van der Waals surface area contributed by atoms with Gasteiger partial charge in [-0.25, -0.2) is 4.79 Å². The first-order chi connectivity index (χ1) is 12.2. The van der Waals surface area contributed by atoms with Gasteiger partial charge in [0.05, 0.1) is 12.7 Å². The minimum Gasteiger partial charge on any atom is -0.463 e. The third-order valence-electron chi connectivity index (χ3n) is 3.48. The molecule has 0 rings (SSSR count). The third kappa shape index (κ3) is 18.3. The molecule has 0 aromatic carbocycles. The second-order valence-electron chi connectivity index (χ2n) is 5.77. The van der Waals surface area contributed by atoms with Gasteiger partial charge in [0.1, 0.15) is 0 Å². The number of carbonyl (C=O) groups excluding carboxylic acids is 1. The lowest BCUT2D eigenvalue weighted by atomic mass is 10.1. The van der Waals surface area contributed by atoms with Crippen molar-refractivity contribution in [3.8, 4) is 0 Å². The molecule has 0 amide bonds. The molecule has 0 aliphatic rings. The van der Waals surface area contributed by atoms with Gasteiger partial charge in [0.2, 0.25) is 0 Å². The first-order valence-corrected chi connectivity index (χ1v) is 9.38. The summed E-state index contributed by atoms with van der Waals surface area (Å²) in [6.45, 7) is 4.35. The van der Waals surface area contributed by atoms with Crippen LogP contribution in [0.15, 0.2) is 60.8 Å². The Morgan fingerprint density at radius 2 is 1.48 bits per heavy atom. The molecule has 0 aliphatic carbocycles. The molecule has 0 aliphatic heterocycles. The van der Waals surface area contributed by atoms with Crippen LogP contribution >= 0.6 is 0 Å². The quantitative estimate of drug-likeness (QED) is 0.197. The number of hydrogen-bond acceptors (Lipinski definition) is 3. The van der Waals surface area contributed by atoms with Crippen LogP contribution < -0.4 is 0 Å². The van der Waals surface area contributed by atoms with Gasteiger partial charge < -0.3 is 9.84 Å². The summed E-state index contributed by atoms with van der Waals surface area (Å²) in [5, 5.41) is 9.81. The van der Waals surface area contributed by atoms with Gasteiger partial charge in [0.15, 0.2) is 0 Å². The van der Waals surface area contributed by atoms with Crippen LogP contribution in [0.2, 0.25) is 0 Å². The Morgan fingerprint density at radius 1 is 0.880 bits per heavy atom. The Balaban J connectivity index is 3.69. The summed E-state index contributed by atoms with van der Waals surface area (Å²) in [6.07, 6.45) is 25.9. The van der Waals surface area contributed by atoms with E-state index in [0.29, 0.717) is 6.61 Å². The normalized spacial score (nSPS) is 13.9. The van der Waals surface area contributed by atoms with Crippen LogP contribution in [0.5, 0.6) is 0 Å². The van der Waals surface area contributed by atoms with Crippen molar-refractivity contribution in [2.75, 3.05) is 6.61 Å². The summed E-state index contributed by atoms with van der Waals surface area (Å²) < 4.78 is 4.77. The van der Waals surface area contributed by atoms with Gasteiger partial charge in [-0.15, -0.1) is 0 Å². The molecule has 0 fully saturated rings. The highest BCUT2D eigenvalue weighted by molar-refractivity contribution is 5.82. The van der Waals surface area contributed by atoms with Crippen LogP contribution in [0.3, 0.4) is 0 Å². The second kappa shape index (κ2) is 18.5. The van der Waals surface area contributed by atoms with Crippen LogP contribution in [0.4, 0.5) is 0 Å². The summed E-state index contributed by atoms with van der Waals surface area (Å²) in [7, 11) is 0. The zero-order chi connectivity index (χ0) is 18.6. The predicted molar refractivity (Wildman–Crippen MR) is 106 cm³/mol. The SMILES string of the molecule is CCCCCC(O)CCC/C=C/C=C/C=C/C=C/C=C/C(=O)OCC. The minimum absolute atomic E-state index is 0.136. The smallest absolute Gasteiger partial charge is 0.330 e. The molecule has 140 valence electrons. The Bertz CT molecular complexity index is 456. The van der Waals surface area contributed by atoms with Crippen LogP contribution in [-0.2, 0) is 9.53 Å². The third-order valence-corrected chi connectivity index (χ3v) is 3.48. The van der Waals surface area contributed by atoms with Gasteiger partial charge >= 0.3 is 5.97 Å². The lowest BCUT2D eigenvalue weighted by molar-refractivity contribution is -0.137. The summed E-state index contributed by atoms with van der Waals surface area (Å²) in [5.41, 5.74) is 0. The molecule has 0 spiro atoms. The van der Waals surface area contributed by atoms with Crippen molar-refractivity contribution in [2.45, 2.75) is 64.9 Å². The van der Waals surface area contributed by atoms with E-state index in [0.717, 1.165) is 32.1 Å². The van der Waals surface area contributed by atoms with Gasteiger partial charge in [0.25, 0.3) is 0 Å². The Kier molecular flexibility index (Phi) is 17.1. The van der Waals surface area contributed by atoms with Crippen LogP contribution in [0, 0.1) is 0 Å². The molecular formula is C22H34O3. The van der Waals surface area contributed by atoms with Crippen molar-refractivity contribution < 1.29 is 14.6 Å². The molecule has 0 bridgehead atoms. The van der Waals surface area contributed by atoms with E-state index in [1.165, 1.54) is 18.9 Å². The van der Waals surface area contributed by atoms with Gasteiger partial charge in [-0.2, -0.15) is 0 Å². The fourth-order valence-electron chi connectivity index (χ4n) is 2.13. The number of aliphatic hydroxyl groups is 1. The van der Waals surface area contributed by atoms with Gasteiger partial charge in [-0.1, -0.05) is 80.9 Å². The maximum atomic E-state index is 11.0. The minimum atomic E-state index is -0.324. The lowest BCUT2D eigenvalue weighted by Crippen LogP contribution is -2.05. The molecule has 3 heteroatoms. The number of carbonyl (C=O) groups is 1. The number of hydrogen-bond donors (Lipinski definition) is 1. The van der Waals surface area contributed by atoms with E-state index in [2.05, 4.69) is 13.0 Å². The van der Waals surface area contributed by atoms with Gasteiger partial charge in [-0.3, -0.25) is 0 Å². The van der Waals surface area contributed by atoms with E-state index in [4.69, 9.17) is 4.74 Å². The van der Waals surface area contributed by atoms with Crippen molar-refractivity contribution in [3.05, 3.63) is 60.8 Å². The molecule has 1 unspecified atom stereocenters. The zero-order valence-electron chi connectivity index (χ0n) is 15.8. The summed E-state index contributed by atoms with van der Waals surface area (Å²) in [4.78, 5) is 11.0. The molecule has 25 heavy (non-hydrogen) atoms. The topological polar surface area (TPSA) is 46.5 Å². The van der Waals surface area contributed by atoms with Gasteiger partial charge in [-0.05, 0) is 32.6 Å². The Morgan fingerprint density at radius 3 is 2.12 bits per heavy atom. The highest BCUT2D eigenvalue weighted by atomic mass is 16.5. The van der Waals surface area contributed by atoms with Crippen LogP contribution in [0.1, 0.15) is 58.8 Å². The average Bonchev–Trinajstić information content (AvgIpc) is 2.59. The zero-order valence-corrected chi connectivity index (χ0v) is 15.8. The van der Waals surface area contributed by atoms with E-state index in [1.807, 2.05) is 36.5 Å².